The summed E-state index contributed by atoms with van der Waals surface area (Å²) in [7, 11) is 0. The van der Waals surface area contributed by atoms with Gasteiger partial charge >= 0.3 is 6.18 Å². The van der Waals surface area contributed by atoms with Gasteiger partial charge in [0.05, 0.1) is 5.52 Å². The largest absolute Gasteiger partial charge is 0.408 e. The molecular formula is C10H8BrF3N2. The minimum Gasteiger partial charge on any atom is -0.259 e. The summed E-state index contributed by atoms with van der Waals surface area (Å²) < 4.78 is 38.6. The van der Waals surface area contributed by atoms with Gasteiger partial charge < -0.3 is 0 Å². The molecule has 0 spiro atoms. The fraction of sp³-hybridized carbons (Fsp3) is 0.300. The molecule has 0 bridgehead atoms. The molecule has 86 valence electrons. The van der Waals surface area contributed by atoms with E-state index in [1.807, 2.05) is 0 Å². The smallest absolute Gasteiger partial charge is 0.259 e. The lowest BCUT2D eigenvalue weighted by Crippen LogP contribution is -2.19. The van der Waals surface area contributed by atoms with E-state index in [9.17, 15) is 13.2 Å². The summed E-state index contributed by atoms with van der Waals surface area (Å²) in [6.45, 7) is 0.582. The highest BCUT2D eigenvalue weighted by atomic mass is 79.9. The van der Waals surface area contributed by atoms with Crippen LogP contribution < -0.4 is 0 Å². The van der Waals surface area contributed by atoms with E-state index in [2.05, 4.69) is 21.0 Å². The van der Waals surface area contributed by atoms with Gasteiger partial charge in [-0.15, -0.1) is 0 Å². The summed E-state index contributed by atoms with van der Waals surface area (Å²) in [5.74, 6) is 0. The van der Waals surface area contributed by atoms with Gasteiger partial charge in [-0.2, -0.15) is 18.3 Å². The van der Waals surface area contributed by atoms with Crippen molar-refractivity contribution in [2.75, 3.05) is 0 Å². The molecule has 0 aliphatic rings. The van der Waals surface area contributed by atoms with Gasteiger partial charge in [0, 0.05) is 15.6 Å². The van der Waals surface area contributed by atoms with Crippen molar-refractivity contribution in [1.29, 1.82) is 0 Å². The number of alkyl halides is 3. The second-order valence-corrected chi connectivity index (χ2v) is 4.44. The third-order valence-electron chi connectivity index (χ3n) is 2.29. The predicted octanol–water partition coefficient (Wildman–Crippen LogP) is 3.67. The third-order valence-corrected chi connectivity index (χ3v) is 2.79. The SMILES string of the molecule is Cc1c2cc(Br)ccc2nn1CC(F)(F)F. The van der Waals surface area contributed by atoms with E-state index in [0.29, 0.717) is 11.2 Å². The van der Waals surface area contributed by atoms with Crippen molar-refractivity contribution in [3.05, 3.63) is 28.4 Å². The summed E-state index contributed by atoms with van der Waals surface area (Å²) in [6.07, 6.45) is -4.25. The zero-order valence-corrected chi connectivity index (χ0v) is 9.93. The first-order valence-electron chi connectivity index (χ1n) is 4.56. The fourth-order valence-electron chi connectivity index (χ4n) is 1.55. The first-order chi connectivity index (χ1) is 7.37. The standard InChI is InChI=1S/C10H8BrF3N2/c1-6-8-4-7(11)2-3-9(8)15-16(6)5-10(12,13)14/h2-4H,5H2,1H3. The maximum Gasteiger partial charge on any atom is 0.408 e. The molecule has 2 rings (SSSR count). The summed E-state index contributed by atoms with van der Waals surface area (Å²) in [4.78, 5) is 0. The maximum atomic E-state index is 12.3. The number of fused-ring (bicyclic) bond motifs is 1. The Morgan fingerprint density at radius 2 is 2.06 bits per heavy atom. The van der Waals surface area contributed by atoms with E-state index in [-0.39, 0.29) is 0 Å². The van der Waals surface area contributed by atoms with Crippen molar-refractivity contribution in [3.8, 4) is 0 Å². The van der Waals surface area contributed by atoms with E-state index < -0.39 is 12.7 Å². The first kappa shape index (κ1) is 11.4. The normalized spacial score (nSPS) is 12.3. The molecule has 2 nitrogen and oxygen atoms in total. The van der Waals surface area contributed by atoms with E-state index in [1.165, 1.54) is 0 Å². The van der Waals surface area contributed by atoms with Gasteiger partial charge in [-0.05, 0) is 25.1 Å². The third kappa shape index (κ3) is 2.21. The van der Waals surface area contributed by atoms with Crippen molar-refractivity contribution >= 4 is 26.8 Å². The topological polar surface area (TPSA) is 17.8 Å². The van der Waals surface area contributed by atoms with Crippen molar-refractivity contribution in [1.82, 2.24) is 9.78 Å². The molecule has 0 aliphatic carbocycles. The summed E-state index contributed by atoms with van der Waals surface area (Å²) in [5.41, 5.74) is 1.10. The zero-order chi connectivity index (χ0) is 11.9. The molecule has 0 saturated heterocycles. The number of benzene rings is 1. The summed E-state index contributed by atoms with van der Waals surface area (Å²) >= 11 is 3.28. The average molecular weight is 293 g/mol. The molecule has 0 saturated carbocycles. The van der Waals surface area contributed by atoms with Crippen molar-refractivity contribution in [2.45, 2.75) is 19.6 Å². The molecule has 1 heterocycles. The van der Waals surface area contributed by atoms with Crippen molar-refractivity contribution < 1.29 is 13.2 Å². The number of hydrogen-bond acceptors (Lipinski definition) is 1. The molecule has 1 aromatic carbocycles. The number of hydrogen-bond donors (Lipinski definition) is 0. The maximum absolute atomic E-state index is 12.3. The minimum atomic E-state index is -4.25. The summed E-state index contributed by atoms with van der Waals surface area (Å²) in [6, 6.07) is 5.22. The molecule has 16 heavy (non-hydrogen) atoms. The van der Waals surface area contributed by atoms with Gasteiger partial charge in [0.15, 0.2) is 0 Å². The highest BCUT2D eigenvalue weighted by Crippen LogP contribution is 2.25. The second kappa shape index (κ2) is 3.76. The molecular weight excluding hydrogens is 285 g/mol. The van der Waals surface area contributed by atoms with Gasteiger partial charge in [0.2, 0.25) is 0 Å². The number of aryl methyl sites for hydroxylation is 1. The van der Waals surface area contributed by atoms with E-state index in [0.717, 1.165) is 14.5 Å². The minimum absolute atomic E-state index is 0.522. The lowest BCUT2D eigenvalue weighted by Gasteiger charge is -2.07. The Hall–Kier alpha value is -1.04. The Balaban J connectivity index is 2.52. The van der Waals surface area contributed by atoms with Crippen LogP contribution >= 0.6 is 15.9 Å². The summed E-state index contributed by atoms with van der Waals surface area (Å²) in [5, 5.41) is 4.65. The van der Waals surface area contributed by atoms with E-state index >= 15 is 0 Å². The van der Waals surface area contributed by atoms with Gasteiger partial charge in [-0.3, -0.25) is 4.68 Å². The Kier molecular flexibility index (Phi) is 2.69. The van der Waals surface area contributed by atoms with Crippen molar-refractivity contribution in [2.24, 2.45) is 0 Å². The van der Waals surface area contributed by atoms with Crippen LogP contribution in [0.25, 0.3) is 10.9 Å². The monoisotopic (exact) mass is 292 g/mol. The van der Waals surface area contributed by atoms with Crippen LogP contribution in [0, 0.1) is 6.92 Å². The molecule has 0 fully saturated rings. The fourth-order valence-corrected chi connectivity index (χ4v) is 1.91. The van der Waals surface area contributed by atoms with Crippen LogP contribution in [0.5, 0.6) is 0 Å². The Morgan fingerprint density at radius 3 is 2.69 bits per heavy atom. The van der Waals surface area contributed by atoms with Crippen LogP contribution in [-0.4, -0.2) is 16.0 Å². The van der Waals surface area contributed by atoms with Gasteiger partial charge in [0.1, 0.15) is 6.54 Å². The lowest BCUT2D eigenvalue weighted by atomic mass is 10.2. The Bertz CT molecular complexity index is 531. The number of halogens is 4. The molecule has 0 N–H and O–H groups in total. The molecule has 0 amide bonds. The van der Waals surface area contributed by atoms with E-state index in [4.69, 9.17) is 0 Å². The second-order valence-electron chi connectivity index (χ2n) is 3.52. The quantitative estimate of drug-likeness (QED) is 0.784. The predicted molar refractivity (Wildman–Crippen MR) is 58.2 cm³/mol. The molecule has 0 atom stereocenters. The highest BCUT2D eigenvalue weighted by Gasteiger charge is 2.29. The highest BCUT2D eigenvalue weighted by molar-refractivity contribution is 9.10. The van der Waals surface area contributed by atoms with Crippen LogP contribution in [0.2, 0.25) is 0 Å². The molecule has 2 aromatic rings. The number of nitrogens with zero attached hydrogens (tertiary/aromatic N) is 2. The van der Waals surface area contributed by atoms with Gasteiger partial charge in [-0.25, -0.2) is 0 Å². The van der Waals surface area contributed by atoms with Crippen LogP contribution in [0.4, 0.5) is 13.2 Å². The number of rotatable bonds is 1. The molecule has 0 aliphatic heterocycles. The molecule has 0 unspecified atom stereocenters. The molecule has 6 heteroatoms. The van der Waals surface area contributed by atoms with Crippen LogP contribution in [0.1, 0.15) is 5.69 Å². The molecule has 1 aromatic heterocycles. The van der Waals surface area contributed by atoms with Crippen LogP contribution in [0.15, 0.2) is 22.7 Å². The zero-order valence-electron chi connectivity index (χ0n) is 8.35. The Morgan fingerprint density at radius 1 is 1.38 bits per heavy atom. The molecule has 0 radical (unpaired) electrons. The van der Waals surface area contributed by atoms with E-state index in [1.54, 1.807) is 25.1 Å². The Labute approximate surface area is 98.2 Å². The van der Waals surface area contributed by atoms with Crippen LogP contribution in [0.3, 0.4) is 0 Å². The van der Waals surface area contributed by atoms with Crippen LogP contribution in [-0.2, 0) is 6.54 Å². The van der Waals surface area contributed by atoms with Crippen molar-refractivity contribution in [3.63, 3.8) is 0 Å². The van der Waals surface area contributed by atoms with Gasteiger partial charge in [-0.1, -0.05) is 15.9 Å². The number of aromatic nitrogens is 2. The lowest BCUT2D eigenvalue weighted by molar-refractivity contribution is -0.142. The first-order valence-corrected chi connectivity index (χ1v) is 5.35. The average Bonchev–Trinajstić information content (AvgIpc) is 2.42. The van der Waals surface area contributed by atoms with Gasteiger partial charge in [0.25, 0.3) is 0 Å².